The molecule has 2 rings (SSSR count). The Hall–Kier alpha value is -1.77. The second-order valence-corrected chi connectivity index (χ2v) is 3.03. The van der Waals surface area contributed by atoms with Crippen molar-refractivity contribution in [1.82, 2.24) is 0 Å². The molecule has 3 heteroatoms. The van der Waals surface area contributed by atoms with Gasteiger partial charge in [0.1, 0.15) is 12.4 Å². The molecule has 0 aliphatic carbocycles. The summed E-state index contributed by atoms with van der Waals surface area (Å²) in [6.45, 7) is 1.58. The topological polar surface area (TPSA) is 39.4 Å². The van der Waals surface area contributed by atoms with Gasteiger partial charge in [-0.05, 0) is 0 Å². The maximum Gasteiger partial charge on any atom is 0.303 e. The average Bonchev–Trinajstić information content (AvgIpc) is 2.58. The van der Waals surface area contributed by atoms with Gasteiger partial charge in [0.25, 0.3) is 0 Å². The van der Waals surface area contributed by atoms with Gasteiger partial charge in [0.2, 0.25) is 0 Å². The van der Waals surface area contributed by atoms with E-state index < -0.39 is 0 Å². The number of carbonyl (C=O) groups is 1. The molecule has 0 radical (unpaired) electrons. The van der Waals surface area contributed by atoms with Crippen LogP contribution >= 0.6 is 0 Å². The van der Waals surface area contributed by atoms with Gasteiger partial charge in [-0.3, -0.25) is 4.79 Å². The molecule has 0 atom stereocenters. The quantitative estimate of drug-likeness (QED) is 0.683. The highest BCUT2D eigenvalue weighted by molar-refractivity contribution is 5.84. The minimum Gasteiger partial charge on any atom is -0.464 e. The van der Waals surface area contributed by atoms with Gasteiger partial charge in [-0.15, -0.1) is 0 Å². The van der Waals surface area contributed by atoms with Crippen molar-refractivity contribution in [2.75, 3.05) is 0 Å². The maximum absolute atomic E-state index is 10.6. The molecule has 0 N–H and O–H groups in total. The van der Waals surface area contributed by atoms with E-state index in [9.17, 15) is 4.79 Å². The molecule has 72 valence electrons. The summed E-state index contributed by atoms with van der Waals surface area (Å²) in [6, 6.07) is 7.76. The van der Waals surface area contributed by atoms with E-state index in [1.165, 1.54) is 6.92 Å². The third kappa shape index (κ3) is 1.62. The van der Waals surface area contributed by atoms with Crippen molar-refractivity contribution >= 4 is 16.7 Å². The number of furan rings is 1. The molecule has 0 fully saturated rings. The van der Waals surface area contributed by atoms with E-state index in [2.05, 4.69) is 0 Å². The van der Waals surface area contributed by atoms with Crippen LogP contribution in [0.4, 0.5) is 0 Å². The van der Waals surface area contributed by atoms with Crippen LogP contribution in [0, 0.1) is 0 Å². The van der Waals surface area contributed by atoms with Gasteiger partial charge in [-0.25, -0.2) is 0 Å². The molecule has 14 heavy (non-hydrogen) atoms. The Morgan fingerprint density at radius 2 is 2.21 bits per heavy atom. The Morgan fingerprint density at radius 3 is 3.00 bits per heavy atom. The van der Waals surface area contributed by atoms with Crippen LogP contribution in [0.25, 0.3) is 10.8 Å². The highest BCUT2D eigenvalue weighted by atomic mass is 16.5. The van der Waals surface area contributed by atoms with Crippen molar-refractivity contribution in [3.63, 3.8) is 0 Å². The summed E-state index contributed by atoms with van der Waals surface area (Å²) in [4.78, 5) is 10.6. The molecule has 0 bridgehead atoms. The van der Waals surface area contributed by atoms with Crippen LogP contribution < -0.4 is 0 Å². The third-order valence-electron chi connectivity index (χ3n) is 2.00. The maximum atomic E-state index is 10.6. The zero-order valence-corrected chi connectivity index (χ0v) is 7.82. The van der Waals surface area contributed by atoms with Gasteiger partial charge in [0.05, 0.1) is 6.26 Å². The number of hydrogen-bond acceptors (Lipinski definition) is 3. The van der Waals surface area contributed by atoms with Crippen molar-refractivity contribution < 1.29 is 13.9 Å². The summed E-state index contributed by atoms with van der Waals surface area (Å²) in [6.07, 6.45) is 1.66. The molecular formula is C11H10O3. The molecule has 0 saturated heterocycles. The van der Waals surface area contributed by atoms with E-state index in [0.717, 1.165) is 10.8 Å². The zero-order chi connectivity index (χ0) is 9.97. The zero-order valence-electron chi connectivity index (χ0n) is 7.82. The highest BCUT2D eigenvalue weighted by Gasteiger charge is 2.06. The summed E-state index contributed by atoms with van der Waals surface area (Å²) in [5.41, 5.74) is 0. The molecule has 1 aromatic carbocycles. The Labute approximate surface area is 81.3 Å². The van der Waals surface area contributed by atoms with Crippen molar-refractivity contribution in [1.29, 1.82) is 0 Å². The van der Waals surface area contributed by atoms with Crippen molar-refractivity contribution in [2.45, 2.75) is 13.5 Å². The Balaban J connectivity index is 2.29. The molecule has 1 heterocycles. The largest absolute Gasteiger partial charge is 0.464 e. The number of carbonyl (C=O) groups excluding carboxylic acids is 1. The van der Waals surface area contributed by atoms with Gasteiger partial charge < -0.3 is 9.15 Å². The predicted molar refractivity (Wildman–Crippen MR) is 51.7 cm³/mol. The minimum absolute atomic E-state index is 0.197. The summed E-state index contributed by atoms with van der Waals surface area (Å²) in [7, 11) is 0. The number of esters is 1. The number of hydrogen-bond donors (Lipinski definition) is 0. The fourth-order valence-electron chi connectivity index (χ4n) is 1.33. The molecule has 0 unspecified atom stereocenters. The SMILES string of the molecule is CC(=O)OCc1occ2ccccc12. The molecule has 0 aliphatic rings. The fraction of sp³-hybridized carbons (Fsp3) is 0.182. The first kappa shape index (κ1) is 8.81. The standard InChI is InChI=1S/C11H10O3/c1-8(12)13-7-11-10-5-3-2-4-9(10)6-14-11/h2-6H,7H2,1H3. The molecule has 1 aromatic heterocycles. The molecule has 0 aliphatic heterocycles. The summed E-state index contributed by atoms with van der Waals surface area (Å²) < 4.78 is 10.1. The van der Waals surface area contributed by atoms with Crippen LogP contribution in [0.2, 0.25) is 0 Å². The van der Waals surface area contributed by atoms with E-state index in [4.69, 9.17) is 9.15 Å². The van der Waals surface area contributed by atoms with Gasteiger partial charge in [-0.2, -0.15) is 0 Å². The lowest BCUT2D eigenvalue weighted by molar-refractivity contribution is -0.142. The normalized spacial score (nSPS) is 10.4. The number of rotatable bonds is 2. The second-order valence-electron chi connectivity index (χ2n) is 3.03. The van der Waals surface area contributed by atoms with Crippen LogP contribution in [-0.4, -0.2) is 5.97 Å². The first-order chi connectivity index (χ1) is 6.77. The van der Waals surface area contributed by atoms with Gasteiger partial charge in [0.15, 0.2) is 0 Å². The van der Waals surface area contributed by atoms with Gasteiger partial charge >= 0.3 is 5.97 Å². The molecule has 2 aromatic rings. The van der Waals surface area contributed by atoms with Crippen LogP contribution in [0.3, 0.4) is 0 Å². The lowest BCUT2D eigenvalue weighted by Crippen LogP contribution is -1.97. The minimum atomic E-state index is -0.300. The van der Waals surface area contributed by atoms with Crippen molar-refractivity contribution in [2.24, 2.45) is 0 Å². The number of ether oxygens (including phenoxy) is 1. The lowest BCUT2D eigenvalue weighted by atomic mass is 10.2. The average molecular weight is 190 g/mol. The second kappa shape index (κ2) is 3.54. The van der Waals surface area contributed by atoms with E-state index in [1.54, 1.807) is 6.26 Å². The number of fused-ring (bicyclic) bond motifs is 1. The lowest BCUT2D eigenvalue weighted by Gasteiger charge is -1.98. The predicted octanol–water partition coefficient (Wildman–Crippen LogP) is 2.50. The van der Waals surface area contributed by atoms with Crippen LogP contribution in [-0.2, 0) is 16.1 Å². The van der Waals surface area contributed by atoms with Crippen LogP contribution in [0.15, 0.2) is 34.9 Å². The van der Waals surface area contributed by atoms with Crippen molar-refractivity contribution in [3.05, 3.63) is 36.3 Å². The van der Waals surface area contributed by atoms with Gasteiger partial charge in [-0.1, -0.05) is 24.3 Å². The molecule has 3 nitrogen and oxygen atoms in total. The molecule has 0 spiro atoms. The van der Waals surface area contributed by atoms with E-state index in [-0.39, 0.29) is 12.6 Å². The Kier molecular flexibility index (Phi) is 2.23. The van der Waals surface area contributed by atoms with E-state index in [0.29, 0.717) is 5.76 Å². The summed E-state index contributed by atoms with van der Waals surface area (Å²) in [5.74, 6) is 0.390. The molecule has 0 saturated carbocycles. The molecule has 0 amide bonds. The first-order valence-corrected chi connectivity index (χ1v) is 4.36. The van der Waals surface area contributed by atoms with Crippen molar-refractivity contribution in [3.8, 4) is 0 Å². The highest BCUT2D eigenvalue weighted by Crippen LogP contribution is 2.21. The fourth-order valence-corrected chi connectivity index (χ4v) is 1.33. The Morgan fingerprint density at radius 1 is 1.43 bits per heavy atom. The van der Waals surface area contributed by atoms with E-state index in [1.807, 2.05) is 24.3 Å². The first-order valence-electron chi connectivity index (χ1n) is 4.36. The Bertz CT molecular complexity index is 456. The van der Waals surface area contributed by atoms with Gasteiger partial charge in [0, 0.05) is 17.7 Å². The summed E-state index contributed by atoms with van der Waals surface area (Å²) in [5, 5.41) is 2.02. The third-order valence-corrected chi connectivity index (χ3v) is 2.00. The van der Waals surface area contributed by atoms with E-state index >= 15 is 0 Å². The number of benzene rings is 1. The molecular weight excluding hydrogens is 180 g/mol. The van der Waals surface area contributed by atoms with Crippen LogP contribution in [0.5, 0.6) is 0 Å². The van der Waals surface area contributed by atoms with Crippen LogP contribution in [0.1, 0.15) is 12.7 Å². The smallest absolute Gasteiger partial charge is 0.303 e. The monoisotopic (exact) mass is 190 g/mol. The summed E-state index contributed by atoms with van der Waals surface area (Å²) >= 11 is 0.